The van der Waals surface area contributed by atoms with Crippen molar-refractivity contribution in [3.63, 3.8) is 0 Å². The number of rotatable bonds is 5. The topological polar surface area (TPSA) is 71.8 Å². The molecule has 8 heteroatoms. The Morgan fingerprint density at radius 1 is 1.45 bits per heavy atom. The maximum absolute atomic E-state index is 12.0. The molecule has 0 unspecified atom stereocenters. The van der Waals surface area contributed by atoms with Gasteiger partial charge in [-0.15, -0.1) is 17.5 Å². The Labute approximate surface area is 139 Å². The number of nitrogens with one attached hydrogen (secondary N) is 2. The van der Waals surface area contributed by atoms with Crippen molar-refractivity contribution in [1.82, 2.24) is 25.6 Å². The fourth-order valence-corrected chi connectivity index (χ4v) is 3.18. The highest BCUT2D eigenvalue weighted by molar-refractivity contribution is 7.07. The summed E-state index contributed by atoms with van der Waals surface area (Å²) in [6, 6.07) is 2.43. The second-order valence-electron chi connectivity index (χ2n) is 5.20. The number of amides is 1. The van der Waals surface area contributed by atoms with Crippen LogP contribution in [0.3, 0.4) is 0 Å². The zero-order valence-electron chi connectivity index (χ0n) is 12.2. The van der Waals surface area contributed by atoms with Crippen LogP contribution in [0.2, 0.25) is 0 Å². The molecule has 3 rings (SSSR count). The van der Waals surface area contributed by atoms with E-state index in [0.29, 0.717) is 18.3 Å². The van der Waals surface area contributed by atoms with Gasteiger partial charge in [0.25, 0.3) is 5.91 Å². The summed E-state index contributed by atoms with van der Waals surface area (Å²) in [5.41, 5.74) is 1.65. The fraction of sp³-hybridized carbons (Fsp3) is 0.500. The van der Waals surface area contributed by atoms with Gasteiger partial charge >= 0.3 is 0 Å². The van der Waals surface area contributed by atoms with Crippen LogP contribution in [0.4, 0.5) is 0 Å². The third-order valence-electron chi connectivity index (χ3n) is 3.71. The lowest BCUT2D eigenvalue weighted by atomic mass is 10.1. The van der Waals surface area contributed by atoms with Gasteiger partial charge in [-0.3, -0.25) is 4.79 Å². The van der Waals surface area contributed by atoms with Gasteiger partial charge in [0.1, 0.15) is 0 Å². The molecule has 2 N–H and O–H groups in total. The minimum atomic E-state index is -0.148. The normalized spacial score (nSPS) is 15.3. The number of hydrogen-bond donors (Lipinski definition) is 2. The number of aromatic nitrogens is 3. The molecule has 2 aromatic heterocycles. The molecule has 22 heavy (non-hydrogen) atoms. The number of hydrogen-bond acceptors (Lipinski definition) is 5. The summed E-state index contributed by atoms with van der Waals surface area (Å²) in [6.45, 7) is 2.61. The summed E-state index contributed by atoms with van der Waals surface area (Å²) in [5.74, 6) is -0.148. The molecule has 0 aliphatic carbocycles. The predicted octanol–water partition coefficient (Wildman–Crippen LogP) is 1.66. The van der Waals surface area contributed by atoms with Gasteiger partial charge in [-0.25, -0.2) is 4.68 Å². The zero-order chi connectivity index (χ0) is 14.5. The Bertz CT molecular complexity index is 580. The van der Waals surface area contributed by atoms with Crippen molar-refractivity contribution in [2.24, 2.45) is 0 Å². The first-order valence-electron chi connectivity index (χ1n) is 7.25. The molecular formula is C14H20ClN5OS. The van der Waals surface area contributed by atoms with Crippen LogP contribution in [-0.4, -0.2) is 40.5 Å². The van der Waals surface area contributed by atoms with Crippen LogP contribution in [0.5, 0.6) is 0 Å². The second kappa shape index (κ2) is 8.26. The first kappa shape index (κ1) is 16.9. The van der Waals surface area contributed by atoms with E-state index in [1.54, 1.807) is 17.5 Å². The Hall–Kier alpha value is -1.44. The summed E-state index contributed by atoms with van der Waals surface area (Å²) in [6.07, 6.45) is 4.67. The van der Waals surface area contributed by atoms with Crippen LogP contribution in [-0.2, 0) is 6.42 Å². The van der Waals surface area contributed by atoms with Gasteiger partial charge in [-0.1, -0.05) is 5.21 Å². The van der Waals surface area contributed by atoms with E-state index in [4.69, 9.17) is 0 Å². The third-order valence-corrected chi connectivity index (χ3v) is 4.44. The first-order chi connectivity index (χ1) is 10.3. The number of carbonyl (C=O) groups is 1. The lowest BCUT2D eigenvalue weighted by Gasteiger charge is -2.22. The SMILES string of the molecule is Cl.O=C(NCCc1ccsc1)c1cn(C2CCNCC2)nn1. The summed E-state index contributed by atoms with van der Waals surface area (Å²) in [5, 5.41) is 18.4. The first-order valence-corrected chi connectivity index (χ1v) is 8.19. The maximum Gasteiger partial charge on any atom is 0.273 e. The average Bonchev–Trinajstić information content (AvgIpc) is 3.20. The van der Waals surface area contributed by atoms with E-state index >= 15 is 0 Å². The Morgan fingerprint density at radius 2 is 2.27 bits per heavy atom. The summed E-state index contributed by atoms with van der Waals surface area (Å²) >= 11 is 1.67. The molecule has 2 aromatic rings. The average molecular weight is 342 g/mol. The summed E-state index contributed by atoms with van der Waals surface area (Å²) in [4.78, 5) is 12.0. The molecule has 1 amide bonds. The van der Waals surface area contributed by atoms with E-state index < -0.39 is 0 Å². The standard InChI is InChI=1S/C14H19N5OS.ClH/c20-14(16-7-1-11-4-8-21-10-11)13-9-19(18-17-13)12-2-5-15-6-3-12;/h4,8-10,12,15H,1-3,5-7H2,(H,16,20);1H. The third kappa shape index (κ3) is 4.28. The van der Waals surface area contributed by atoms with E-state index in [0.717, 1.165) is 32.4 Å². The monoisotopic (exact) mass is 341 g/mol. The molecule has 0 spiro atoms. The van der Waals surface area contributed by atoms with Crippen LogP contribution < -0.4 is 10.6 Å². The number of thiophene rings is 1. The molecular weight excluding hydrogens is 322 g/mol. The molecule has 3 heterocycles. The van der Waals surface area contributed by atoms with Crippen molar-refractivity contribution in [2.75, 3.05) is 19.6 Å². The number of halogens is 1. The molecule has 1 fully saturated rings. The van der Waals surface area contributed by atoms with Crippen molar-refractivity contribution < 1.29 is 4.79 Å². The van der Waals surface area contributed by atoms with Crippen molar-refractivity contribution in [3.05, 3.63) is 34.3 Å². The van der Waals surface area contributed by atoms with Crippen molar-refractivity contribution >= 4 is 29.7 Å². The van der Waals surface area contributed by atoms with Gasteiger partial charge < -0.3 is 10.6 Å². The molecule has 6 nitrogen and oxygen atoms in total. The van der Waals surface area contributed by atoms with Gasteiger partial charge in [0, 0.05) is 6.54 Å². The molecule has 120 valence electrons. The molecule has 0 bridgehead atoms. The Balaban J connectivity index is 0.00000176. The van der Waals surface area contributed by atoms with Crippen LogP contribution in [0.25, 0.3) is 0 Å². The molecule has 0 atom stereocenters. The molecule has 1 saturated heterocycles. The van der Waals surface area contributed by atoms with Crippen LogP contribution in [0, 0.1) is 0 Å². The molecule has 0 saturated carbocycles. The minimum absolute atomic E-state index is 0. The van der Waals surface area contributed by atoms with Gasteiger partial charge in [-0.2, -0.15) is 11.3 Å². The van der Waals surface area contributed by atoms with Crippen LogP contribution in [0.15, 0.2) is 23.0 Å². The lowest BCUT2D eigenvalue weighted by Crippen LogP contribution is -2.29. The van der Waals surface area contributed by atoms with Gasteiger partial charge in [-0.05, 0) is 54.7 Å². The number of nitrogens with zero attached hydrogens (tertiary/aromatic N) is 3. The molecule has 1 aliphatic rings. The van der Waals surface area contributed by atoms with E-state index in [9.17, 15) is 4.79 Å². The Kier molecular flexibility index (Phi) is 6.35. The van der Waals surface area contributed by atoms with E-state index in [1.165, 1.54) is 5.56 Å². The highest BCUT2D eigenvalue weighted by atomic mass is 35.5. The highest BCUT2D eigenvalue weighted by Gasteiger charge is 2.18. The predicted molar refractivity (Wildman–Crippen MR) is 88.8 cm³/mol. The lowest BCUT2D eigenvalue weighted by molar-refractivity contribution is 0.0949. The van der Waals surface area contributed by atoms with Crippen molar-refractivity contribution in [2.45, 2.75) is 25.3 Å². The second-order valence-corrected chi connectivity index (χ2v) is 5.98. The molecule has 0 radical (unpaired) electrons. The smallest absolute Gasteiger partial charge is 0.273 e. The summed E-state index contributed by atoms with van der Waals surface area (Å²) < 4.78 is 1.83. The van der Waals surface area contributed by atoms with Crippen molar-refractivity contribution in [3.8, 4) is 0 Å². The van der Waals surface area contributed by atoms with Gasteiger partial charge in [0.05, 0.1) is 12.2 Å². The number of carbonyl (C=O) groups excluding carboxylic acids is 1. The summed E-state index contributed by atoms with van der Waals surface area (Å²) in [7, 11) is 0. The van der Waals surface area contributed by atoms with Gasteiger partial charge in [0.2, 0.25) is 0 Å². The number of piperidine rings is 1. The van der Waals surface area contributed by atoms with Crippen molar-refractivity contribution in [1.29, 1.82) is 0 Å². The van der Waals surface area contributed by atoms with E-state index in [2.05, 4.69) is 32.4 Å². The fourth-order valence-electron chi connectivity index (χ4n) is 2.48. The van der Waals surface area contributed by atoms with Crippen LogP contribution in [0.1, 0.15) is 34.9 Å². The molecule has 1 aliphatic heterocycles. The van der Waals surface area contributed by atoms with Crippen LogP contribution >= 0.6 is 23.7 Å². The van der Waals surface area contributed by atoms with Gasteiger partial charge in [0.15, 0.2) is 5.69 Å². The minimum Gasteiger partial charge on any atom is -0.350 e. The van der Waals surface area contributed by atoms with E-state index in [1.807, 2.05) is 10.1 Å². The van der Waals surface area contributed by atoms with E-state index in [-0.39, 0.29) is 18.3 Å². The Morgan fingerprint density at radius 3 is 3.00 bits per heavy atom. The molecule has 0 aromatic carbocycles. The quantitative estimate of drug-likeness (QED) is 0.867. The highest BCUT2D eigenvalue weighted by Crippen LogP contribution is 2.16. The maximum atomic E-state index is 12.0. The largest absolute Gasteiger partial charge is 0.350 e. The zero-order valence-corrected chi connectivity index (χ0v) is 13.8.